The molecule has 0 N–H and O–H groups in total. The molecule has 1 rings (SSSR count). The number of pyridine rings is 1. The molecule has 3 heteroatoms. The van der Waals surface area contributed by atoms with Gasteiger partial charge in [-0.1, -0.05) is 6.07 Å². The van der Waals surface area contributed by atoms with Crippen LogP contribution in [-0.2, 0) is 0 Å². The van der Waals surface area contributed by atoms with E-state index >= 15 is 0 Å². The van der Waals surface area contributed by atoms with E-state index in [4.69, 9.17) is 0 Å². The molecule has 0 aliphatic rings. The molecule has 56 valence electrons. The van der Waals surface area contributed by atoms with Crippen molar-refractivity contribution in [3.05, 3.63) is 24.4 Å². The molecule has 0 radical (unpaired) electrons. The third kappa shape index (κ3) is 2.86. The zero-order chi connectivity index (χ0) is 6.69. The Morgan fingerprint density at radius 3 is 2.30 bits per heavy atom. The predicted molar refractivity (Wildman–Crippen MR) is 38.6 cm³/mol. The smallest absolute Gasteiger partial charge is 0.127 e. The summed E-state index contributed by atoms with van der Waals surface area (Å²) in [5.41, 5.74) is 0. The van der Waals surface area contributed by atoms with Crippen molar-refractivity contribution >= 4 is 5.82 Å². The Labute approximate surface area is 91.3 Å². The Morgan fingerprint density at radius 1 is 1.30 bits per heavy atom. The zero-order valence-corrected chi connectivity index (χ0v) is 6.76. The fourth-order valence-corrected chi connectivity index (χ4v) is 0.618. The molecule has 2 nitrogen and oxygen atoms in total. The minimum Gasteiger partial charge on any atom is -0.363 e. The Hall–Kier alpha value is 0.210. The van der Waals surface area contributed by atoms with Crippen LogP contribution in [0.3, 0.4) is 0 Å². The Kier molecular flexibility index (Phi) is 5.04. The van der Waals surface area contributed by atoms with Gasteiger partial charge >= 0.3 is 0 Å². The van der Waals surface area contributed by atoms with Crippen LogP contribution in [0.15, 0.2) is 24.4 Å². The summed E-state index contributed by atoms with van der Waals surface area (Å²) < 4.78 is 0. The Balaban J connectivity index is 0.000000810. The zero-order valence-electron chi connectivity index (χ0n) is 6.06. The minimum atomic E-state index is 0. The second-order valence-electron chi connectivity index (χ2n) is 2.08. The van der Waals surface area contributed by atoms with Gasteiger partial charge < -0.3 is 4.90 Å². The average molecular weight is 162 g/mol. The summed E-state index contributed by atoms with van der Waals surface area (Å²) >= 11 is 0. The molecule has 0 amide bonds. The van der Waals surface area contributed by atoms with Gasteiger partial charge in [0.1, 0.15) is 5.82 Å². The van der Waals surface area contributed by atoms with Crippen LogP contribution in [-0.4, -0.2) is 19.1 Å². The van der Waals surface area contributed by atoms with Crippen molar-refractivity contribution in [3.8, 4) is 0 Å². The average Bonchev–Trinajstić information content (AvgIpc) is 1.90. The first-order chi connectivity index (χ1) is 4.30. The number of anilines is 1. The van der Waals surface area contributed by atoms with Crippen LogP contribution >= 0.6 is 0 Å². The molecule has 0 spiro atoms. The predicted octanol–water partition coefficient (Wildman–Crippen LogP) is 1.15. The van der Waals surface area contributed by atoms with Gasteiger partial charge in [0.25, 0.3) is 0 Å². The van der Waals surface area contributed by atoms with Crippen LogP contribution in [0.25, 0.3) is 0 Å². The standard InChI is InChI=1S/C7H10N2.Ar/c1-9(2)7-5-3-4-6-8-7;/h3-6H,1-2H3;. The molecule has 0 fully saturated rings. The van der Waals surface area contributed by atoms with E-state index < -0.39 is 0 Å². The van der Waals surface area contributed by atoms with Crippen molar-refractivity contribution in [2.24, 2.45) is 0 Å². The summed E-state index contributed by atoms with van der Waals surface area (Å²) in [6, 6.07) is 5.86. The van der Waals surface area contributed by atoms with Crippen molar-refractivity contribution in [1.82, 2.24) is 4.98 Å². The summed E-state index contributed by atoms with van der Waals surface area (Å²) in [6.45, 7) is 0. The SMILES string of the molecule is CN(C)c1ccccn1.[Ar]. The van der Waals surface area contributed by atoms with E-state index in [9.17, 15) is 0 Å². The molecule has 0 aliphatic carbocycles. The Morgan fingerprint density at radius 2 is 2.00 bits per heavy atom. The van der Waals surface area contributed by atoms with E-state index in [2.05, 4.69) is 4.98 Å². The molecule has 1 heterocycles. The second kappa shape index (κ2) is 4.94. The first-order valence-electron chi connectivity index (χ1n) is 2.89. The third-order valence-corrected chi connectivity index (χ3v) is 1.11. The van der Waals surface area contributed by atoms with Gasteiger partial charge in [0.2, 0.25) is 0 Å². The second-order valence-corrected chi connectivity index (χ2v) is 2.08. The number of nitrogens with zero attached hydrogens (tertiary/aromatic N) is 2. The van der Waals surface area contributed by atoms with E-state index in [0.29, 0.717) is 0 Å². The summed E-state index contributed by atoms with van der Waals surface area (Å²) in [7, 11) is 3.95. The van der Waals surface area contributed by atoms with Crippen molar-refractivity contribution < 1.29 is 37.7 Å². The molecule has 0 aliphatic heterocycles. The van der Waals surface area contributed by atoms with E-state index in [0.717, 1.165) is 5.82 Å². The van der Waals surface area contributed by atoms with Gasteiger partial charge in [0, 0.05) is 58.0 Å². The molecular formula is C7H10ArN2. The quantitative estimate of drug-likeness (QED) is 0.615. The van der Waals surface area contributed by atoms with Gasteiger partial charge in [0.15, 0.2) is 0 Å². The van der Waals surface area contributed by atoms with Gasteiger partial charge in [-0.2, -0.15) is 0 Å². The van der Waals surface area contributed by atoms with Crippen LogP contribution in [0, 0.1) is 37.7 Å². The monoisotopic (exact) mass is 162 g/mol. The molecule has 0 atom stereocenters. The number of hydrogen-bond acceptors (Lipinski definition) is 2. The molecule has 0 unspecified atom stereocenters. The van der Waals surface area contributed by atoms with Crippen molar-refractivity contribution in [2.75, 3.05) is 19.0 Å². The van der Waals surface area contributed by atoms with Gasteiger partial charge in [-0.15, -0.1) is 0 Å². The number of rotatable bonds is 1. The summed E-state index contributed by atoms with van der Waals surface area (Å²) in [4.78, 5) is 6.08. The van der Waals surface area contributed by atoms with Gasteiger partial charge in [-0.3, -0.25) is 0 Å². The normalized spacial score (nSPS) is 8.20. The molecule has 0 bridgehead atoms. The molecule has 1 aromatic heterocycles. The van der Waals surface area contributed by atoms with Crippen LogP contribution in [0.2, 0.25) is 0 Å². The minimum absolute atomic E-state index is 0. The van der Waals surface area contributed by atoms with Crippen LogP contribution in [0.1, 0.15) is 0 Å². The fraction of sp³-hybridized carbons (Fsp3) is 0.286. The first kappa shape index (κ1) is 10.2. The number of aromatic nitrogens is 1. The summed E-state index contributed by atoms with van der Waals surface area (Å²) in [5.74, 6) is 0.998. The topological polar surface area (TPSA) is 16.1 Å². The van der Waals surface area contributed by atoms with Gasteiger partial charge in [-0.05, 0) is 12.1 Å². The van der Waals surface area contributed by atoms with Crippen molar-refractivity contribution in [1.29, 1.82) is 0 Å². The van der Waals surface area contributed by atoms with E-state index in [-0.39, 0.29) is 37.7 Å². The summed E-state index contributed by atoms with van der Waals surface area (Å²) in [6.07, 6.45) is 1.79. The van der Waals surface area contributed by atoms with E-state index in [1.807, 2.05) is 37.2 Å². The first-order valence-corrected chi connectivity index (χ1v) is 2.89. The maximum absolute atomic E-state index is 4.10. The third-order valence-electron chi connectivity index (χ3n) is 1.11. The number of hydrogen-bond donors (Lipinski definition) is 0. The van der Waals surface area contributed by atoms with Crippen molar-refractivity contribution in [3.63, 3.8) is 0 Å². The fourth-order valence-electron chi connectivity index (χ4n) is 0.618. The Bertz CT molecular complexity index is 174. The van der Waals surface area contributed by atoms with Crippen LogP contribution in [0.5, 0.6) is 0 Å². The summed E-state index contributed by atoms with van der Waals surface area (Å²) in [5, 5.41) is 0. The maximum atomic E-state index is 4.10. The molecule has 0 saturated heterocycles. The largest absolute Gasteiger partial charge is 0.363 e. The van der Waals surface area contributed by atoms with Crippen LogP contribution < -0.4 is 4.90 Å². The molecule has 10 heavy (non-hydrogen) atoms. The molecule has 0 aromatic carbocycles. The molecule has 0 saturated carbocycles. The maximum Gasteiger partial charge on any atom is 0.127 e. The van der Waals surface area contributed by atoms with E-state index in [1.54, 1.807) is 6.20 Å². The molecule has 1 aromatic rings. The van der Waals surface area contributed by atoms with E-state index in [1.165, 1.54) is 0 Å². The molecular weight excluding hydrogens is 152 g/mol. The van der Waals surface area contributed by atoms with Gasteiger partial charge in [0.05, 0.1) is 0 Å². The van der Waals surface area contributed by atoms with Crippen LogP contribution in [0.4, 0.5) is 5.82 Å². The van der Waals surface area contributed by atoms with Crippen molar-refractivity contribution in [2.45, 2.75) is 0 Å². The van der Waals surface area contributed by atoms with Gasteiger partial charge in [-0.25, -0.2) is 4.98 Å².